The standard InChI is InChI=1S/C17H14F4N4O.C9H10F3N3O/c1-2-4-25-5-3-9-6-11(13(18)7-10(9)16(25)26)15-23-8-12(14(22)24-15)17(19,20)21;10-9(11,12)7-6(5-13-14-8(7)16)15-3-1-2-4-15/h3,5-8H,2,4H2,1H3,(H2,22,23,24);5H,1-4H2,(H,14,16). The average Bonchev–Trinajstić information content (AvgIpc) is 3.44. The van der Waals surface area contributed by atoms with E-state index in [0.717, 1.165) is 31.5 Å². The van der Waals surface area contributed by atoms with Crippen LogP contribution >= 0.6 is 0 Å². The molecule has 4 aromatic rings. The molecule has 0 radical (unpaired) electrons. The molecule has 1 aliphatic rings. The summed E-state index contributed by atoms with van der Waals surface area (Å²) in [6.07, 6.45) is -3.77. The van der Waals surface area contributed by atoms with Crippen molar-refractivity contribution in [2.24, 2.45) is 0 Å². The summed E-state index contributed by atoms with van der Waals surface area (Å²) in [5.74, 6) is -1.89. The molecule has 0 spiro atoms. The van der Waals surface area contributed by atoms with E-state index >= 15 is 0 Å². The number of nitrogens with zero attached hydrogens (tertiary/aromatic N) is 5. The SMILES string of the molecule is CCCn1ccc2cc(-c3ncc(C(F)(F)F)c(N)n3)c(F)cc2c1=O.O=c1[nH]ncc(N2CCCC2)c1C(F)(F)F. The van der Waals surface area contributed by atoms with Crippen LogP contribution in [0.25, 0.3) is 22.2 Å². The van der Waals surface area contributed by atoms with Gasteiger partial charge in [0.25, 0.3) is 11.1 Å². The number of nitrogens with one attached hydrogen (secondary N) is 1. The van der Waals surface area contributed by atoms with Gasteiger partial charge in [-0.05, 0) is 42.8 Å². The smallest absolute Gasteiger partial charge is 0.383 e. The molecular formula is C26H24F7N7O2. The van der Waals surface area contributed by atoms with E-state index in [1.165, 1.54) is 10.6 Å². The van der Waals surface area contributed by atoms with E-state index in [2.05, 4.69) is 15.1 Å². The molecule has 0 atom stereocenters. The summed E-state index contributed by atoms with van der Waals surface area (Å²) in [5, 5.41) is 5.84. The van der Waals surface area contributed by atoms with Crippen molar-refractivity contribution in [3.05, 3.63) is 74.4 Å². The number of halogens is 7. The Morgan fingerprint density at radius 2 is 1.71 bits per heavy atom. The molecule has 3 N–H and O–H groups in total. The number of rotatable bonds is 4. The minimum atomic E-state index is -4.70. The number of hydrogen-bond donors (Lipinski definition) is 2. The minimum absolute atomic E-state index is 0.117. The second-order valence-corrected chi connectivity index (χ2v) is 9.38. The van der Waals surface area contributed by atoms with Gasteiger partial charge in [-0.2, -0.15) is 31.4 Å². The monoisotopic (exact) mass is 599 g/mol. The zero-order valence-corrected chi connectivity index (χ0v) is 22.0. The summed E-state index contributed by atoms with van der Waals surface area (Å²) in [6.45, 7) is 3.48. The Morgan fingerprint density at radius 3 is 2.31 bits per heavy atom. The maximum Gasteiger partial charge on any atom is 0.423 e. The van der Waals surface area contributed by atoms with Gasteiger partial charge in [-0.15, -0.1) is 0 Å². The molecule has 224 valence electrons. The van der Waals surface area contributed by atoms with Crippen LogP contribution in [0.1, 0.15) is 37.3 Å². The van der Waals surface area contributed by atoms with E-state index in [1.54, 1.807) is 17.2 Å². The lowest BCUT2D eigenvalue weighted by atomic mass is 10.1. The maximum absolute atomic E-state index is 14.5. The first kappa shape index (κ1) is 30.5. The molecule has 1 aromatic carbocycles. The molecule has 3 aromatic heterocycles. The number of pyridine rings is 1. The molecule has 9 nitrogen and oxygen atoms in total. The summed E-state index contributed by atoms with van der Waals surface area (Å²) < 4.78 is 92.2. The highest BCUT2D eigenvalue weighted by Gasteiger charge is 2.39. The van der Waals surface area contributed by atoms with Crippen LogP contribution in [0, 0.1) is 5.82 Å². The van der Waals surface area contributed by atoms with Gasteiger partial charge in [0.05, 0.1) is 22.8 Å². The molecule has 0 unspecified atom stereocenters. The molecule has 4 heterocycles. The Labute approximate surface area is 232 Å². The predicted molar refractivity (Wildman–Crippen MR) is 140 cm³/mol. The molecule has 16 heteroatoms. The van der Waals surface area contributed by atoms with Crippen molar-refractivity contribution in [2.45, 2.75) is 45.1 Å². The molecule has 1 aliphatic heterocycles. The van der Waals surface area contributed by atoms with Gasteiger partial charge in [-0.1, -0.05) is 6.92 Å². The first-order valence-corrected chi connectivity index (χ1v) is 12.6. The molecule has 0 aliphatic carbocycles. The molecule has 0 bridgehead atoms. The van der Waals surface area contributed by atoms with Crippen LogP contribution < -0.4 is 21.8 Å². The molecule has 1 fully saturated rings. The van der Waals surface area contributed by atoms with Gasteiger partial charge < -0.3 is 15.2 Å². The number of alkyl halides is 6. The van der Waals surface area contributed by atoms with Crippen molar-refractivity contribution in [3.63, 3.8) is 0 Å². The molecule has 0 saturated carbocycles. The van der Waals surface area contributed by atoms with Crippen LogP contribution in [0.15, 0.2) is 46.4 Å². The third-order valence-electron chi connectivity index (χ3n) is 6.46. The van der Waals surface area contributed by atoms with Crippen LogP contribution in [-0.4, -0.2) is 37.8 Å². The van der Waals surface area contributed by atoms with Gasteiger partial charge in [0.15, 0.2) is 5.82 Å². The third kappa shape index (κ3) is 6.36. The summed E-state index contributed by atoms with van der Waals surface area (Å²) in [4.78, 5) is 32.2. The van der Waals surface area contributed by atoms with Gasteiger partial charge in [0, 0.05) is 32.0 Å². The van der Waals surface area contributed by atoms with Crippen molar-refractivity contribution in [2.75, 3.05) is 23.7 Å². The second kappa shape index (κ2) is 11.8. The van der Waals surface area contributed by atoms with Crippen LogP contribution in [0.2, 0.25) is 0 Å². The van der Waals surface area contributed by atoms with Crippen molar-refractivity contribution >= 4 is 22.3 Å². The topological polar surface area (TPSA) is 123 Å². The van der Waals surface area contributed by atoms with E-state index in [0.29, 0.717) is 31.2 Å². The van der Waals surface area contributed by atoms with Gasteiger partial charge in [-0.3, -0.25) is 9.59 Å². The first-order chi connectivity index (χ1) is 19.7. The number of nitrogen functional groups attached to an aromatic ring is 1. The Balaban J connectivity index is 0.000000216. The van der Waals surface area contributed by atoms with E-state index < -0.39 is 40.7 Å². The van der Waals surface area contributed by atoms with Crippen molar-refractivity contribution < 1.29 is 30.7 Å². The maximum atomic E-state index is 14.5. The number of benzene rings is 1. The van der Waals surface area contributed by atoms with Crippen LogP contribution in [0.3, 0.4) is 0 Å². The number of aryl methyl sites for hydroxylation is 1. The molecular weight excluding hydrogens is 575 g/mol. The number of nitrogens with two attached hydrogens (primary N) is 1. The summed E-state index contributed by atoms with van der Waals surface area (Å²) in [6, 6.07) is 3.99. The molecule has 42 heavy (non-hydrogen) atoms. The molecule has 5 rings (SSSR count). The van der Waals surface area contributed by atoms with Gasteiger partial charge >= 0.3 is 12.4 Å². The van der Waals surface area contributed by atoms with Crippen LogP contribution in [-0.2, 0) is 18.9 Å². The fraction of sp³-hybridized carbons (Fsp3) is 0.346. The molecule has 1 saturated heterocycles. The molecule has 0 amide bonds. The Hall–Kier alpha value is -4.50. The predicted octanol–water partition coefficient (Wildman–Crippen LogP) is 5.00. The second-order valence-electron chi connectivity index (χ2n) is 9.38. The zero-order chi connectivity index (χ0) is 30.8. The van der Waals surface area contributed by atoms with E-state index in [4.69, 9.17) is 5.73 Å². The Bertz CT molecular complexity index is 1710. The lowest BCUT2D eigenvalue weighted by molar-refractivity contribution is -0.138. The first-order valence-electron chi connectivity index (χ1n) is 12.6. The zero-order valence-electron chi connectivity index (χ0n) is 22.0. The largest absolute Gasteiger partial charge is 0.423 e. The average molecular weight is 600 g/mol. The summed E-state index contributed by atoms with van der Waals surface area (Å²) in [5.41, 5.74) is 1.22. The number of hydrogen-bond acceptors (Lipinski definition) is 7. The number of anilines is 2. The van der Waals surface area contributed by atoms with E-state index in [-0.39, 0.29) is 28.0 Å². The quantitative estimate of drug-likeness (QED) is 0.317. The summed E-state index contributed by atoms with van der Waals surface area (Å²) >= 11 is 0. The number of aromatic amines is 1. The number of aromatic nitrogens is 5. The van der Waals surface area contributed by atoms with Crippen LogP contribution in [0.5, 0.6) is 0 Å². The van der Waals surface area contributed by atoms with Crippen molar-refractivity contribution in [3.8, 4) is 11.4 Å². The van der Waals surface area contributed by atoms with Gasteiger partial charge in [0.1, 0.15) is 22.8 Å². The lowest BCUT2D eigenvalue weighted by Gasteiger charge is -2.20. The fourth-order valence-electron chi connectivity index (χ4n) is 4.50. The summed E-state index contributed by atoms with van der Waals surface area (Å²) in [7, 11) is 0. The van der Waals surface area contributed by atoms with Crippen molar-refractivity contribution in [1.82, 2.24) is 24.7 Å². The Morgan fingerprint density at radius 1 is 1.02 bits per heavy atom. The number of H-pyrrole nitrogens is 1. The number of fused-ring (bicyclic) bond motifs is 1. The lowest BCUT2D eigenvalue weighted by Crippen LogP contribution is -2.29. The highest BCUT2D eigenvalue weighted by Crippen LogP contribution is 2.35. The van der Waals surface area contributed by atoms with E-state index in [9.17, 15) is 40.3 Å². The normalized spacial score (nSPS) is 13.8. The van der Waals surface area contributed by atoms with Gasteiger partial charge in [0.2, 0.25) is 0 Å². The minimum Gasteiger partial charge on any atom is -0.383 e. The highest BCUT2D eigenvalue weighted by atomic mass is 19.4. The highest BCUT2D eigenvalue weighted by molar-refractivity contribution is 5.86. The van der Waals surface area contributed by atoms with E-state index in [1.807, 2.05) is 12.0 Å². The van der Waals surface area contributed by atoms with Crippen LogP contribution in [0.4, 0.5) is 42.2 Å². The van der Waals surface area contributed by atoms with Crippen molar-refractivity contribution in [1.29, 1.82) is 0 Å². The fourth-order valence-corrected chi connectivity index (χ4v) is 4.50. The third-order valence-corrected chi connectivity index (χ3v) is 6.46. The Kier molecular flexibility index (Phi) is 8.54. The van der Waals surface area contributed by atoms with Gasteiger partial charge in [-0.25, -0.2) is 19.5 Å².